The first-order chi connectivity index (χ1) is 16.6. The molecule has 8 heteroatoms. The Labute approximate surface area is 202 Å². The molecule has 0 saturated heterocycles. The summed E-state index contributed by atoms with van der Waals surface area (Å²) in [5.41, 5.74) is -0.169. The van der Waals surface area contributed by atoms with Gasteiger partial charge in [0.2, 0.25) is 0 Å². The molecular weight excluding hydrogens is 451 g/mol. The number of halogens is 1. The first kappa shape index (κ1) is 24.3. The fourth-order valence-electron chi connectivity index (χ4n) is 4.52. The Balaban J connectivity index is 1.67. The van der Waals surface area contributed by atoms with Gasteiger partial charge in [-0.3, -0.25) is 9.78 Å². The number of fused-ring (bicyclic) bond motifs is 1. The van der Waals surface area contributed by atoms with Crippen LogP contribution in [0.4, 0.5) is 10.1 Å². The van der Waals surface area contributed by atoms with Crippen molar-refractivity contribution in [2.45, 2.75) is 44.3 Å². The number of nitrogens with one attached hydrogen (secondary N) is 1. The maximum Gasteiger partial charge on any atom is 0.338 e. The summed E-state index contributed by atoms with van der Waals surface area (Å²) in [5.74, 6) is -1.03. The SMILES string of the molecule is COc1ccc(F)cc1C(C)(C)CC(O)(Cc1ccccn1)C(=O)Nc1ccc2c(c1)COC2=O. The molecule has 35 heavy (non-hydrogen) atoms. The van der Waals surface area contributed by atoms with Crippen molar-refractivity contribution in [1.82, 2.24) is 4.98 Å². The van der Waals surface area contributed by atoms with Gasteiger partial charge >= 0.3 is 5.97 Å². The number of pyridine rings is 1. The predicted octanol–water partition coefficient (Wildman–Crippen LogP) is 4.18. The highest BCUT2D eigenvalue weighted by atomic mass is 19.1. The minimum absolute atomic E-state index is 0.0469. The Morgan fingerprint density at radius 1 is 1.20 bits per heavy atom. The van der Waals surface area contributed by atoms with Gasteiger partial charge in [0.1, 0.15) is 23.8 Å². The quantitative estimate of drug-likeness (QED) is 0.472. The summed E-state index contributed by atoms with van der Waals surface area (Å²) in [6.45, 7) is 3.76. The van der Waals surface area contributed by atoms with Crippen molar-refractivity contribution < 1.29 is 28.6 Å². The fraction of sp³-hybridized carbons (Fsp3) is 0.296. The van der Waals surface area contributed by atoms with Crippen LogP contribution in [0.2, 0.25) is 0 Å². The summed E-state index contributed by atoms with van der Waals surface area (Å²) in [6, 6.07) is 14.3. The maximum absolute atomic E-state index is 14.1. The number of methoxy groups -OCH3 is 1. The standard InChI is InChI=1S/C27H27FN2O5/c1-26(2,22-13-18(28)7-10-23(22)34-3)16-27(33,14-20-6-4-5-11-29-20)25(32)30-19-8-9-21-17(12-19)15-35-24(21)31/h4-13,33H,14-16H2,1-3H3,(H,30,32). The number of aromatic nitrogens is 1. The van der Waals surface area contributed by atoms with Crippen molar-refractivity contribution in [3.05, 3.63) is 89.0 Å². The summed E-state index contributed by atoms with van der Waals surface area (Å²) >= 11 is 0. The van der Waals surface area contributed by atoms with E-state index in [1.165, 1.54) is 25.3 Å². The number of carbonyl (C=O) groups excluding carboxylic acids is 2. The Morgan fingerprint density at radius 3 is 2.71 bits per heavy atom. The summed E-state index contributed by atoms with van der Waals surface area (Å²) in [4.78, 5) is 29.6. The predicted molar refractivity (Wildman–Crippen MR) is 128 cm³/mol. The second kappa shape index (κ2) is 9.46. The number of aliphatic hydroxyl groups is 1. The smallest absolute Gasteiger partial charge is 0.338 e. The lowest BCUT2D eigenvalue weighted by atomic mass is 9.73. The van der Waals surface area contributed by atoms with E-state index in [2.05, 4.69) is 10.3 Å². The highest BCUT2D eigenvalue weighted by molar-refractivity contribution is 5.99. The summed E-state index contributed by atoms with van der Waals surface area (Å²) in [7, 11) is 1.49. The van der Waals surface area contributed by atoms with E-state index in [1.807, 2.05) is 13.8 Å². The molecule has 1 aliphatic heterocycles. The molecule has 2 heterocycles. The molecule has 1 aromatic heterocycles. The average Bonchev–Trinajstić information content (AvgIpc) is 3.19. The monoisotopic (exact) mass is 478 g/mol. The van der Waals surface area contributed by atoms with Crippen LogP contribution < -0.4 is 10.1 Å². The molecule has 0 spiro atoms. The van der Waals surface area contributed by atoms with Gasteiger partial charge in [-0.25, -0.2) is 9.18 Å². The molecule has 182 valence electrons. The van der Waals surface area contributed by atoms with Crippen LogP contribution in [0.1, 0.15) is 47.4 Å². The number of esters is 1. The van der Waals surface area contributed by atoms with E-state index in [4.69, 9.17) is 9.47 Å². The van der Waals surface area contributed by atoms with E-state index in [0.717, 1.165) is 0 Å². The molecule has 3 aromatic rings. The number of hydrogen-bond donors (Lipinski definition) is 2. The number of ether oxygens (including phenoxy) is 2. The molecule has 0 fully saturated rings. The molecular formula is C27H27FN2O5. The van der Waals surface area contributed by atoms with Crippen molar-refractivity contribution in [3.63, 3.8) is 0 Å². The first-order valence-electron chi connectivity index (χ1n) is 11.2. The largest absolute Gasteiger partial charge is 0.496 e. The van der Waals surface area contributed by atoms with E-state index < -0.39 is 28.7 Å². The molecule has 1 unspecified atom stereocenters. The van der Waals surface area contributed by atoms with Gasteiger partial charge in [-0.1, -0.05) is 19.9 Å². The molecule has 0 radical (unpaired) electrons. The lowest BCUT2D eigenvalue weighted by Crippen LogP contribution is -2.49. The highest BCUT2D eigenvalue weighted by Crippen LogP contribution is 2.39. The van der Waals surface area contributed by atoms with Crippen molar-refractivity contribution in [1.29, 1.82) is 0 Å². The van der Waals surface area contributed by atoms with Gasteiger partial charge < -0.3 is 19.9 Å². The number of nitrogens with zero attached hydrogens (tertiary/aromatic N) is 1. The molecule has 4 rings (SSSR count). The molecule has 0 saturated carbocycles. The van der Waals surface area contributed by atoms with E-state index in [0.29, 0.717) is 33.8 Å². The van der Waals surface area contributed by atoms with Crippen LogP contribution in [0, 0.1) is 5.82 Å². The molecule has 2 aromatic carbocycles. The van der Waals surface area contributed by atoms with Gasteiger partial charge in [0.25, 0.3) is 5.91 Å². The fourth-order valence-corrected chi connectivity index (χ4v) is 4.52. The second-order valence-corrected chi connectivity index (χ2v) is 9.34. The van der Waals surface area contributed by atoms with E-state index >= 15 is 0 Å². The number of rotatable bonds is 8. The molecule has 1 atom stereocenters. The van der Waals surface area contributed by atoms with Crippen LogP contribution in [0.5, 0.6) is 5.75 Å². The van der Waals surface area contributed by atoms with Crippen LogP contribution >= 0.6 is 0 Å². The summed E-state index contributed by atoms with van der Waals surface area (Å²) in [5, 5.41) is 14.6. The Kier molecular flexibility index (Phi) is 6.58. The van der Waals surface area contributed by atoms with Crippen molar-refractivity contribution >= 4 is 17.6 Å². The zero-order valence-corrected chi connectivity index (χ0v) is 19.8. The Hall–Kier alpha value is -3.78. The third kappa shape index (κ3) is 5.17. The number of anilines is 1. The minimum atomic E-state index is -1.90. The zero-order chi connectivity index (χ0) is 25.2. The van der Waals surface area contributed by atoms with Gasteiger partial charge in [-0.2, -0.15) is 0 Å². The average molecular weight is 479 g/mol. The number of benzene rings is 2. The van der Waals surface area contributed by atoms with Gasteiger partial charge in [0.05, 0.1) is 12.7 Å². The van der Waals surface area contributed by atoms with Gasteiger partial charge in [0, 0.05) is 35.1 Å². The lowest BCUT2D eigenvalue weighted by Gasteiger charge is -2.36. The second-order valence-electron chi connectivity index (χ2n) is 9.34. The van der Waals surface area contributed by atoms with E-state index in [9.17, 15) is 19.1 Å². The molecule has 2 N–H and O–H groups in total. The lowest BCUT2D eigenvalue weighted by molar-refractivity contribution is -0.136. The Morgan fingerprint density at radius 2 is 2.00 bits per heavy atom. The van der Waals surface area contributed by atoms with Gasteiger partial charge in [-0.15, -0.1) is 0 Å². The zero-order valence-electron chi connectivity index (χ0n) is 19.8. The third-order valence-electron chi connectivity index (χ3n) is 6.19. The number of carbonyl (C=O) groups is 2. The summed E-state index contributed by atoms with van der Waals surface area (Å²) in [6.07, 6.45) is 1.48. The van der Waals surface area contributed by atoms with Crippen molar-refractivity contribution in [3.8, 4) is 5.75 Å². The van der Waals surface area contributed by atoms with Crippen molar-refractivity contribution in [2.24, 2.45) is 0 Å². The molecule has 0 bridgehead atoms. The summed E-state index contributed by atoms with van der Waals surface area (Å²) < 4.78 is 24.6. The molecule has 7 nitrogen and oxygen atoms in total. The molecule has 1 amide bonds. The first-order valence-corrected chi connectivity index (χ1v) is 11.2. The van der Waals surface area contributed by atoms with Gasteiger partial charge in [-0.05, 0) is 60.4 Å². The van der Waals surface area contributed by atoms with Gasteiger partial charge in [0.15, 0.2) is 0 Å². The topological polar surface area (TPSA) is 97.8 Å². The van der Waals surface area contributed by atoms with Crippen LogP contribution in [-0.2, 0) is 28.0 Å². The number of cyclic esters (lactones) is 1. The van der Waals surface area contributed by atoms with E-state index in [-0.39, 0.29) is 19.4 Å². The minimum Gasteiger partial charge on any atom is -0.496 e. The highest BCUT2D eigenvalue weighted by Gasteiger charge is 2.43. The number of amides is 1. The van der Waals surface area contributed by atoms with E-state index in [1.54, 1.807) is 42.6 Å². The van der Waals surface area contributed by atoms with Crippen LogP contribution in [0.3, 0.4) is 0 Å². The van der Waals surface area contributed by atoms with Crippen LogP contribution in [0.15, 0.2) is 60.8 Å². The van der Waals surface area contributed by atoms with Crippen LogP contribution in [0.25, 0.3) is 0 Å². The molecule has 0 aliphatic carbocycles. The van der Waals surface area contributed by atoms with Crippen molar-refractivity contribution in [2.75, 3.05) is 12.4 Å². The molecule has 1 aliphatic rings. The Bertz CT molecular complexity index is 1260. The van der Waals surface area contributed by atoms with Crippen LogP contribution in [-0.4, -0.2) is 34.7 Å². The maximum atomic E-state index is 14.1. The third-order valence-corrected chi connectivity index (χ3v) is 6.19. The number of hydrogen-bond acceptors (Lipinski definition) is 6. The normalized spacial score (nSPS) is 14.6.